The standard InChI is InChI=1S/C20H24F3N3O2/c21-20(22,23)14-4-3-5-15(12-14)25-10-8-24(9-11-25)13-26-18(27)16-6-1-2-7-17(16)19(26)28/h3-5,12,16-17H,1-2,6-11,13H2/t16-,17+. The topological polar surface area (TPSA) is 43.9 Å². The quantitative estimate of drug-likeness (QED) is 0.739. The number of amides is 2. The molecule has 2 aliphatic heterocycles. The van der Waals surface area contributed by atoms with Gasteiger partial charge in [-0.2, -0.15) is 13.2 Å². The highest BCUT2D eigenvalue weighted by Crippen LogP contribution is 2.38. The molecular weight excluding hydrogens is 371 g/mol. The van der Waals surface area contributed by atoms with Gasteiger partial charge in [-0.1, -0.05) is 18.9 Å². The van der Waals surface area contributed by atoms with Crippen LogP contribution in [0.25, 0.3) is 0 Å². The van der Waals surface area contributed by atoms with Crippen molar-refractivity contribution < 1.29 is 22.8 Å². The van der Waals surface area contributed by atoms with Crippen molar-refractivity contribution in [3.63, 3.8) is 0 Å². The molecule has 0 radical (unpaired) electrons. The maximum absolute atomic E-state index is 12.9. The van der Waals surface area contributed by atoms with E-state index in [1.807, 2.05) is 9.80 Å². The van der Waals surface area contributed by atoms with Crippen LogP contribution < -0.4 is 4.90 Å². The monoisotopic (exact) mass is 395 g/mol. The second-order valence-electron chi connectivity index (χ2n) is 7.90. The minimum atomic E-state index is -4.36. The number of likely N-dealkylation sites (tertiary alicyclic amines) is 1. The number of nitrogens with zero attached hydrogens (tertiary/aromatic N) is 3. The molecule has 1 saturated carbocycles. The zero-order valence-corrected chi connectivity index (χ0v) is 15.6. The molecule has 1 aromatic rings. The lowest BCUT2D eigenvalue weighted by Crippen LogP contribution is -2.51. The lowest BCUT2D eigenvalue weighted by Gasteiger charge is -2.37. The van der Waals surface area contributed by atoms with E-state index in [1.54, 1.807) is 6.07 Å². The van der Waals surface area contributed by atoms with Crippen LogP contribution in [-0.4, -0.2) is 54.5 Å². The number of imide groups is 1. The summed E-state index contributed by atoms with van der Waals surface area (Å²) < 4.78 is 38.8. The predicted octanol–water partition coefficient (Wildman–Crippen LogP) is 2.96. The van der Waals surface area contributed by atoms with Crippen molar-refractivity contribution in [1.29, 1.82) is 0 Å². The Balaban J connectivity index is 1.36. The van der Waals surface area contributed by atoms with Gasteiger partial charge in [0, 0.05) is 31.9 Å². The molecule has 0 spiro atoms. The Morgan fingerprint density at radius 3 is 2.11 bits per heavy atom. The number of piperazine rings is 1. The van der Waals surface area contributed by atoms with Crippen molar-refractivity contribution in [3.05, 3.63) is 29.8 Å². The van der Waals surface area contributed by atoms with Crippen molar-refractivity contribution >= 4 is 17.5 Å². The number of carbonyl (C=O) groups excluding carboxylic acids is 2. The number of benzene rings is 1. The molecule has 2 heterocycles. The molecule has 3 aliphatic rings. The van der Waals surface area contributed by atoms with Crippen molar-refractivity contribution in [2.45, 2.75) is 31.9 Å². The first-order valence-corrected chi connectivity index (χ1v) is 9.84. The maximum Gasteiger partial charge on any atom is 0.416 e. The summed E-state index contributed by atoms with van der Waals surface area (Å²) in [5, 5.41) is 0. The van der Waals surface area contributed by atoms with E-state index in [4.69, 9.17) is 0 Å². The molecule has 5 nitrogen and oxygen atoms in total. The summed E-state index contributed by atoms with van der Waals surface area (Å²) >= 11 is 0. The fraction of sp³-hybridized carbons (Fsp3) is 0.600. The summed E-state index contributed by atoms with van der Waals surface area (Å²) in [7, 11) is 0. The smallest absolute Gasteiger partial charge is 0.369 e. The highest BCUT2D eigenvalue weighted by atomic mass is 19.4. The van der Waals surface area contributed by atoms with Crippen LogP contribution >= 0.6 is 0 Å². The summed E-state index contributed by atoms with van der Waals surface area (Å²) in [4.78, 5) is 30.6. The average Bonchev–Trinajstić information content (AvgIpc) is 2.93. The van der Waals surface area contributed by atoms with Gasteiger partial charge in [-0.15, -0.1) is 0 Å². The largest absolute Gasteiger partial charge is 0.416 e. The van der Waals surface area contributed by atoms with Crippen LogP contribution in [0.1, 0.15) is 31.2 Å². The molecule has 2 atom stereocenters. The highest BCUT2D eigenvalue weighted by Gasteiger charge is 2.48. The molecule has 0 N–H and O–H groups in total. The van der Waals surface area contributed by atoms with Gasteiger partial charge >= 0.3 is 6.18 Å². The Morgan fingerprint density at radius 2 is 1.54 bits per heavy atom. The van der Waals surface area contributed by atoms with E-state index in [1.165, 1.54) is 17.0 Å². The molecule has 2 saturated heterocycles. The van der Waals surface area contributed by atoms with Crippen LogP contribution in [0.3, 0.4) is 0 Å². The first-order chi connectivity index (χ1) is 13.3. The number of carbonyl (C=O) groups is 2. The Kier molecular flexibility index (Phi) is 5.07. The Labute approximate surface area is 162 Å². The number of fused-ring (bicyclic) bond motifs is 1. The van der Waals surface area contributed by atoms with Gasteiger partial charge in [0.1, 0.15) is 0 Å². The Hall–Kier alpha value is -2.09. The molecule has 0 bridgehead atoms. The zero-order valence-electron chi connectivity index (χ0n) is 15.6. The molecule has 2 amide bonds. The molecular formula is C20H24F3N3O2. The van der Waals surface area contributed by atoms with Crippen molar-refractivity contribution in [2.75, 3.05) is 37.7 Å². The summed E-state index contributed by atoms with van der Waals surface area (Å²) in [5.41, 5.74) is -0.0999. The highest BCUT2D eigenvalue weighted by molar-refractivity contribution is 6.05. The lowest BCUT2D eigenvalue weighted by molar-refractivity contribution is -0.142. The Morgan fingerprint density at radius 1 is 0.929 bits per heavy atom. The molecule has 8 heteroatoms. The summed E-state index contributed by atoms with van der Waals surface area (Å²) in [5.74, 6) is -0.384. The fourth-order valence-electron chi connectivity index (χ4n) is 4.60. The molecule has 28 heavy (non-hydrogen) atoms. The first kappa shape index (κ1) is 19.2. The minimum absolute atomic E-state index is 0.0463. The summed E-state index contributed by atoms with van der Waals surface area (Å²) in [6, 6.07) is 5.36. The van der Waals surface area contributed by atoms with Crippen LogP contribution in [0, 0.1) is 11.8 Å². The van der Waals surface area contributed by atoms with Crippen molar-refractivity contribution in [3.8, 4) is 0 Å². The molecule has 1 aliphatic carbocycles. The fourth-order valence-corrected chi connectivity index (χ4v) is 4.60. The van der Waals surface area contributed by atoms with Gasteiger partial charge in [-0.25, -0.2) is 0 Å². The van der Waals surface area contributed by atoms with Crippen LogP contribution in [-0.2, 0) is 15.8 Å². The summed E-state index contributed by atoms with van der Waals surface area (Å²) in [6.07, 6.45) is -0.747. The number of alkyl halides is 3. The molecule has 1 aromatic carbocycles. The average molecular weight is 395 g/mol. The van der Waals surface area contributed by atoms with E-state index < -0.39 is 11.7 Å². The SMILES string of the molecule is O=C1[C@H]2CCCC[C@H]2C(=O)N1CN1CCN(c2cccc(C(F)(F)F)c2)CC1. The van der Waals surface area contributed by atoms with E-state index in [0.717, 1.165) is 31.7 Å². The minimum Gasteiger partial charge on any atom is -0.369 e. The molecule has 152 valence electrons. The van der Waals surface area contributed by atoms with E-state index in [-0.39, 0.29) is 23.7 Å². The van der Waals surface area contributed by atoms with Crippen LogP contribution in [0.2, 0.25) is 0 Å². The van der Waals surface area contributed by atoms with Gasteiger partial charge in [0.2, 0.25) is 11.8 Å². The van der Waals surface area contributed by atoms with Gasteiger partial charge in [0.15, 0.2) is 0 Å². The molecule has 0 aromatic heterocycles. The van der Waals surface area contributed by atoms with Crippen molar-refractivity contribution in [2.24, 2.45) is 11.8 Å². The normalized spacial score (nSPS) is 26.7. The third kappa shape index (κ3) is 3.62. The number of anilines is 1. The van der Waals surface area contributed by atoms with E-state index in [2.05, 4.69) is 0 Å². The van der Waals surface area contributed by atoms with E-state index in [9.17, 15) is 22.8 Å². The molecule has 0 unspecified atom stereocenters. The predicted molar refractivity (Wildman–Crippen MR) is 97.4 cm³/mol. The van der Waals surface area contributed by atoms with Gasteiger partial charge in [-0.05, 0) is 31.0 Å². The van der Waals surface area contributed by atoms with Gasteiger partial charge < -0.3 is 4.90 Å². The number of rotatable bonds is 3. The lowest BCUT2D eigenvalue weighted by atomic mass is 9.81. The first-order valence-electron chi connectivity index (χ1n) is 9.84. The van der Waals surface area contributed by atoms with Gasteiger partial charge in [0.25, 0.3) is 0 Å². The maximum atomic E-state index is 12.9. The third-order valence-corrected chi connectivity index (χ3v) is 6.18. The zero-order chi connectivity index (χ0) is 19.9. The van der Waals surface area contributed by atoms with Gasteiger partial charge in [0.05, 0.1) is 24.1 Å². The third-order valence-electron chi connectivity index (χ3n) is 6.18. The van der Waals surface area contributed by atoms with Crippen LogP contribution in [0.4, 0.5) is 18.9 Å². The number of hydrogen-bond donors (Lipinski definition) is 0. The second-order valence-corrected chi connectivity index (χ2v) is 7.90. The molecule has 3 fully saturated rings. The van der Waals surface area contributed by atoms with Gasteiger partial charge in [-0.3, -0.25) is 19.4 Å². The Bertz CT molecular complexity index is 735. The number of halogens is 3. The van der Waals surface area contributed by atoms with E-state index >= 15 is 0 Å². The summed E-state index contributed by atoms with van der Waals surface area (Å²) in [6.45, 7) is 2.61. The second kappa shape index (κ2) is 7.39. The molecule has 4 rings (SSSR count). The van der Waals surface area contributed by atoms with E-state index in [0.29, 0.717) is 38.5 Å². The number of hydrogen-bond acceptors (Lipinski definition) is 4. The van der Waals surface area contributed by atoms with Crippen molar-refractivity contribution in [1.82, 2.24) is 9.80 Å². The van der Waals surface area contributed by atoms with Crippen LogP contribution in [0.15, 0.2) is 24.3 Å². The van der Waals surface area contributed by atoms with Crippen LogP contribution in [0.5, 0.6) is 0 Å².